The Hall–Kier alpha value is -0.940. The van der Waals surface area contributed by atoms with Crippen molar-refractivity contribution in [3.63, 3.8) is 0 Å². The van der Waals surface area contributed by atoms with Crippen molar-refractivity contribution in [1.82, 2.24) is 4.98 Å². The molecule has 4 nitrogen and oxygen atoms in total. The molecule has 0 unspecified atom stereocenters. The smallest absolute Gasteiger partial charge is 0.254 e. The molecule has 1 amide bonds. The Kier molecular flexibility index (Phi) is 3.33. The Bertz CT molecular complexity index is 364. The minimum absolute atomic E-state index is 0.119. The number of carbonyl (C=O) groups excluding carboxylic acids is 1. The number of anilines is 1. The van der Waals surface area contributed by atoms with Crippen molar-refractivity contribution < 1.29 is 9.53 Å². The molecule has 1 aromatic rings. The van der Waals surface area contributed by atoms with Crippen molar-refractivity contribution in [2.75, 3.05) is 11.9 Å². The van der Waals surface area contributed by atoms with Gasteiger partial charge in [-0.3, -0.25) is 4.79 Å². The van der Waals surface area contributed by atoms with Crippen LogP contribution in [-0.2, 0) is 9.53 Å². The summed E-state index contributed by atoms with van der Waals surface area (Å²) in [5.41, 5.74) is 0. The van der Waals surface area contributed by atoms with Gasteiger partial charge in [-0.25, -0.2) is 4.98 Å². The fraction of sp³-hybridized carbons (Fsp3) is 0.400. The summed E-state index contributed by atoms with van der Waals surface area (Å²) in [5, 5.41) is 2.73. The number of halogens is 1. The van der Waals surface area contributed by atoms with Crippen LogP contribution in [0.5, 0.6) is 0 Å². The van der Waals surface area contributed by atoms with Gasteiger partial charge in [0.25, 0.3) is 5.91 Å². The van der Waals surface area contributed by atoms with Crippen LogP contribution in [-0.4, -0.2) is 23.6 Å². The average molecular weight is 271 g/mol. The maximum Gasteiger partial charge on any atom is 0.254 e. The normalized spacial score (nSPS) is 20.2. The lowest BCUT2D eigenvalue weighted by Crippen LogP contribution is -2.27. The van der Waals surface area contributed by atoms with E-state index in [1.165, 1.54) is 0 Å². The Labute approximate surface area is 96.2 Å². The van der Waals surface area contributed by atoms with Gasteiger partial charge in [-0.15, -0.1) is 0 Å². The van der Waals surface area contributed by atoms with Crippen LogP contribution in [0.3, 0.4) is 0 Å². The zero-order valence-corrected chi connectivity index (χ0v) is 9.66. The minimum Gasteiger partial charge on any atom is -0.368 e. The molecule has 1 atom stereocenters. The first-order valence-corrected chi connectivity index (χ1v) is 5.59. The second kappa shape index (κ2) is 4.72. The summed E-state index contributed by atoms with van der Waals surface area (Å²) in [6, 6.07) is 3.63. The van der Waals surface area contributed by atoms with E-state index in [4.69, 9.17) is 4.74 Å². The molecule has 2 rings (SSSR count). The first-order chi connectivity index (χ1) is 7.27. The predicted molar refractivity (Wildman–Crippen MR) is 59.5 cm³/mol. The number of aromatic nitrogens is 1. The van der Waals surface area contributed by atoms with Crippen molar-refractivity contribution >= 4 is 27.7 Å². The fourth-order valence-corrected chi connectivity index (χ4v) is 1.81. The molecule has 0 spiro atoms. The summed E-state index contributed by atoms with van der Waals surface area (Å²) in [5.74, 6) is 0.421. The summed E-state index contributed by atoms with van der Waals surface area (Å²) in [4.78, 5) is 15.7. The number of hydrogen-bond donors (Lipinski definition) is 1. The van der Waals surface area contributed by atoms with Crippen LogP contribution >= 0.6 is 15.9 Å². The molecule has 1 fully saturated rings. The van der Waals surface area contributed by atoms with Crippen LogP contribution in [0.2, 0.25) is 0 Å². The van der Waals surface area contributed by atoms with E-state index in [0.717, 1.165) is 17.3 Å². The molecule has 1 N–H and O–H groups in total. The van der Waals surface area contributed by atoms with Gasteiger partial charge in [0, 0.05) is 12.8 Å². The van der Waals surface area contributed by atoms with Gasteiger partial charge in [0.15, 0.2) is 0 Å². The summed E-state index contributed by atoms with van der Waals surface area (Å²) >= 11 is 3.32. The zero-order valence-electron chi connectivity index (χ0n) is 8.07. The highest BCUT2D eigenvalue weighted by molar-refractivity contribution is 9.10. The molecule has 1 aliphatic rings. The molecule has 80 valence electrons. The van der Waals surface area contributed by atoms with Crippen LogP contribution in [0.15, 0.2) is 22.8 Å². The van der Waals surface area contributed by atoms with E-state index in [9.17, 15) is 4.79 Å². The van der Waals surface area contributed by atoms with Gasteiger partial charge in [0.2, 0.25) is 0 Å². The Morgan fingerprint density at radius 3 is 3.20 bits per heavy atom. The molecular weight excluding hydrogens is 260 g/mol. The third-order valence-corrected chi connectivity index (χ3v) is 2.86. The monoisotopic (exact) mass is 270 g/mol. The lowest BCUT2D eigenvalue weighted by Gasteiger charge is -2.10. The van der Waals surface area contributed by atoms with E-state index < -0.39 is 0 Å². The third-order valence-electron chi connectivity index (χ3n) is 2.22. The van der Waals surface area contributed by atoms with Gasteiger partial charge in [0.1, 0.15) is 11.9 Å². The Morgan fingerprint density at radius 1 is 1.67 bits per heavy atom. The first kappa shape index (κ1) is 10.6. The second-order valence-electron chi connectivity index (χ2n) is 3.32. The van der Waals surface area contributed by atoms with Crippen molar-refractivity contribution in [2.24, 2.45) is 0 Å². The highest BCUT2D eigenvalue weighted by Gasteiger charge is 2.24. The largest absolute Gasteiger partial charge is 0.368 e. The van der Waals surface area contributed by atoms with Gasteiger partial charge in [-0.05, 0) is 40.9 Å². The third kappa shape index (κ3) is 2.54. The van der Waals surface area contributed by atoms with Crippen LogP contribution in [0.1, 0.15) is 12.8 Å². The van der Waals surface area contributed by atoms with E-state index in [1.807, 2.05) is 6.07 Å². The molecule has 0 radical (unpaired) electrons. The summed E-state index contributed by atoms with van der Waals surface area (Å²) in [6.45, 7) is 0.668. The van der Waals surface area contributed by atoms with Gasteiger partial charge in [0.05, 0.1) is 4.47 Å². The first-order valence-electron chi connectivity index (χ1n) is 4.80. The van der Waals surface area contributed by atoms with Gasteiger partial charge >= 0.3 is 0 Å². The van der Waals surface area contributed by atoms with Crippen molar-refractivity contribution in [2.45, 2.75) is 18.9 Å². The predicted octanol–water partition coefficient (Wildman–Crippen LogP) is 1.96. The van der Waals surface area contributed by atoms with Crippen LogP contribution in [0.25, 0.3) is 0 Å². The van der Waals surface area contributed by atoms with Gasteiger partial charge < -0.3 is 10.1 Å². The molecule has 0 saturated carbocycles. The molecular formula is C10H11BrN2O2. The molecule has 1 aliphatic heterocycles. The quantitative estimate of drug-likeness (QED) is 0.894. The number of nitrogens with one attached hydrogen (secondary N) is 1. The number of rotatable bonds is 2. The standard InChI is InChI=1S/C10H11BrN2O2/c11-7-3-1-5-12-9(7)13-10(14)8-4-2-6-15-8/h1,3,5,8H,2,4,6H2,(H,12,13,14)/t8-/m1/s1. The van der Waals surface area contributed by atoms with Crippen LogP contribution < -0.4 is 5.32 Å². The molecule has 0 aromatic carbocycles. The van der Waals surface area contributed by atoms with Gasteiger partial charge in [-0.2, -0.15) is 0 Å². The summed E-state index contributed by atoms with van der Waals surface area (Å²) in [7, 11) is 0. The van der Waals surface area contributed by atoms with E-state index in [0.29, 0.717) is 12.4 Å². The number of pyridine rings is 1. The number of ether oxygens (including phenoxy) is 1. The zero-order chi connectivity index (χ0) is 10.7. The van der Waals surface area contributed by atoms with Crippen LogP contribution in [0, 0.1) is 0 Å². The molecule has 15 heavy (non-hydrogen) atoms. The Balaban J connectivity index is 2.02. The van der Waals surface area contributed by atoms with Crippen molar-refractivity contribution in [3.05, 3.63) is 22.8 Å². The van der Waals surface area contributed by atoms with Gasteiger partial charge in [-0.1, -0.05) is 0 Å². The number of amides is 1. The fourth-order valence-electron chi connectivity index (χ4n) is 1.46. The van der Waals surface area contributed by atoms with E-state index in [1.54, 1.807) is 12.3 Å². The molecule has 0 aliphatic carbocycles. The molecule has 5 heteroatoms. The summed E-state index contributed by atoms with van der Waals surface area (Å²) in [6.07, 6.45) is 3.05. The van der Waals surface area contributed by atoms with Crippen molar-refractivity contribution in [3.8, 4) is 0 Å². The number of nitrogens with zero attached hydrogens (tertiary/aromatic N) is 1. The maximum atomic E-state index is 11.7. The number of hydrogen-bond acceptors (Lipinski definition) is 3. The Morgan fingerprint density at radius 2 is 2.53 bits per heavy atom. The lowest BCUT2D eigenvalue weighted by atomic mass is 10.2. The maximum absolute atomic E-state index is 11.7. The van der Waals surface area contributed by atoms with Crippen molar-refractivity contribution in [1.29, 1.82) is 0 Å². The van der Waals surface area contributed by atoms with Crippen LogP contribution in [0.4, 0.5) is 5.82 Å². The second-order valence-corrected chi connectivity index (χ2v) is 4.18. The highest BCUT2D eigenvalue weighted by atomic mass is 79.9. The molecule has 1 aromatic heterocycles. The SMILES string of the molecule is O=C(Nc1ncccc1Br)[C@H]1CCCO1. The lowest BCUT2D eigenvalue weighted by molar-refractivity contribution is -0.124. The average Bonchev–Trinajstić information content (AvgIpc) is 2.74. The minimum atomic E-state index is -0.320. The van der Waals surface area contributed by atoms with E-state index >= 15 is 0 Å². The van der Waals surface area contributed by atoms with E-state index in [-0.39, 0.29) is 12.0 Å². The molecule has 0 bridgehead atoms. The topological polar surface area (TPSA) is 51.2 Å². The molecule has 2 heterocycles. The number of carbonyl (C=O) groups is 1. The highest BCUT2D eigenvalue weighted by Crippen LogP contribution is 2.20. The summed E-state index contributed by atoms with van der Waals surface area (Å²) < 4.78 is 6.05. The molecule has 1 saturated heterocycles. The van der Waals surface area contributed by atoms with E-state index in [2.05, 4.69) is 26.2 Å².